The van der Waals surface area contributed by atoms with Gasteiger partial charge in [0.1, 0.15) is 23.6 Å². The van der Waals surface area contributed by atoms with Crippen LogP contribution in [-0.4, -0.2) is 66.5 Å². The van der Waals surface area contributed by atoms with E-state index in [-0.39, 0.29) is 31.2 Å². The highest BCUT2D eigenvalue weighted by Crippen LogP contribution is 2.67. The number of fused-ring (bicyclic) bond motifs is 1. The van der Waals surface area contributed by atoms with Crippen molar-refractivity contribution in [1.82, 2.24) is 15.5 Å². The van der Waals surface area contributed by atoms with Gasteiger partial charge in [-0.2, -0.15) is 0 Å². The first-order valence-corrected chi connectivity index (χ1v) is 12.5. The molecule has 0 radical (unpaired) electrons. The number of nitrogens with two attached hydrogens (primary N) is 1. The van der Waals surface area contributed by atoms with Gasteiger partial charge in [0.2, 0.25) is 23.5 Å². The third-order valence-electron chi connectivity index (χ3n) is 8.12. The molecule has 206 valence electrons. The van der Waals surface area contributed by atoms with E-state index in [9.17, 15) is 37.1 Å². The molecule has 1 aliphatic carbocycles. The van der Waals surface area contributed by atoms with Crippen molar-refractivity contribution in [3.05, 3.63) is 29.6 Å². The number of primary amides is 1. The fraction of sp³-hybridized carbons (Fsp3) is 0.560. The molecule has 3 aliphatic rings. The second-order valence-corrected chi connectivity index (χ2v) is 10.2. The molecule has 5 N–H and O–H groups in total. The zero-order valence-corrected chi connectivity index (χ0v) is 21.0. The van der Waals surface area contributed by atoms with Crippen LogP contribution < -0.4 is 21.7 Å². The Kier molecular flexibility index (Phi) is 7.39. The fourth-order valence-corrected chi connectivity index (χ4v) is 6.22. The number of Topliss-reactive ketones (excluding diaryl/α,β-unsaturated/α-hetero) is 1. The molecule has 0 bridgehead atoms. The summed E-state index contributed by atoms with van der Waals surface area (Å²) in [6, 6.07) is -1.53. The summed E-state index contributed by atoms with van der Waals surface area (Å²) in [5.74, 6) is -9.02. The van der Waals surface area contributed by atoms with Crippen molar-refractivity contribution in [3.63, 3.8) is 0 Å². The van der Waals surface area contributed by atoms with Gasteiger partial charge in [-0.25, -0.2) is 13.2 Å². The predicted octanol–water partition coefficient (Wildman–Crippen LogP) is 0.454. The number of rotatable bonds is 10. The Hall–Kier alpha value is -3.64. The molecule has 3 unspecified atom stereocenters. The summed E-state index contributed by atoms with van der Waals surface area (Å²) in [4.78, 5) is 65.5. The Morgan fingerprint density at radius 2 is 1.87 bits per heavy atom. The average Bonchev–Trinajstić information content (AvgIpc) is 3.24. The molecule has 2 aliphatic heterocycles. The molecule has 6 atom stereocenters. The van der Waals surface area contributed by atoms with Gasteiger partial charge in [-0.15, -0.1) is 0 Å². The summed E-state index contributed by atoms with van der Waals surface area (Å²) < 4.78 is 41.9. The van der Waals surface area contributed by atoms with Gasteiger partial charge in [-0.3, -0.25) is 24.0 Å². The van der Waals surface area contributed by atoms with E-state index < -0.39 is 76.0 Å². The third-order valence-corrected chi connectivity index (χ3v) is 8.12. The number of ketones is 1. The van der Waals surface area contributed by atoms with Crippen molar-refractivity contribution in [3.8, 4) is 0 Å². The number of hydrogen-bond donors (Lipinski definition) is 4. The van der Waals surface area contributed by atoms with Crippen LogP contribution in [0.5, 0.6) is 0 Å². The van der Waals surface area contributed by atoms with Crippen LogP contribution in [0.3, 0.4) is 0 Å². The minimum absolute atomic E-state index is 0.0157. The summed E-state index contributed by atoms with van der Waals surface area (Å²) in [5, 5.41) is 7.46. The number of anilines is 1. The van der Waals surface area contributed by atoms with Crippen molar-refractivity contribution in [2.75, 3.05) is 25.5 Å². The van der Waals surface area contributed by atoms with Crippen LogP contribution in [0, 0.1) is 40.6 Å². The van der Waals surface area contributed by atoms with Gasteiger partial charge in [0.05, 0.1) is 0 Å². The van der Waals surface area contributed by atoms with Crippen LogP contribution in [0.4, 0.5) is 18.9 Å². The van der Waals surface area contributed by atoms with Crippen molar-refractivity contribution < 1.29 is 37.1 Å². The lowest BCUT2D eigenvalue weighted by atomic mass is 9.73. The number of benzene rings is 1. The molecule has 2 saturated heterocycles. The maximum absolute atomic E-state index is 14.3. The normalized spacial score (nSPS) is 27.2. The Labute approximate surface area is 216 Å². The topological polar surface area (TPSA) is 151 Å². The van der Waals surface area contributed by atoms with Crippen molar-refractivity contribution in [2.45, 2.75) is 44.7 Å². The van der Waals surface area contributed by atoms with E-state index in [0.717, 1.165) is 0 Å². The van der Waals surface area contributed by atoms with Gasteiger partial charge < -0.3 is 26.6 Å². The number of likely N-dealkylation sites (N-methyl/N-ethyl adjacent to an activating group) is 1. The number of likely N-dealkylation sites (tertiary alicyclic amines) is 1. The van der Waals surface area contributed by atoms with Crippen LogP contribution in [0.15, 0.2) is 12.1 Å². The Balaban J connectivity index is 1.65. The smallest absolute Gasteiger partial charge is 0.287 e. The van der Waals surface area contributed by atoms with Crippen molar-refractivity contribution in [1.29, 1.82) is 0 Å². The molecule has 2 heterocycles. The molecule has 38 heavy (non-hydrogen) atoms. The summed E-state index contributed by atoms with van der Waals surface area (Å²) in [5.41, 5.74) is 3.93. The maximum atomic E-state index is 14.3. The van der Waals surface area contributed by atoms with Crippen LogP contribution >= 0.6 is 0 Å². The lowest BCUT2D eigenvalue weighted by Gasteiger charge is -2.36. The first kappa shape index (κ1) is 27.4. The molecule has 13 heteroatoms. The summed E-state index contributed by atoms with van der Waals surface area (Å²) in [6.45, 7) is 2.04. The van der Waals surface area contributed by atoms with Crippen LogP contribution in [0.2, 0.25) is 0 Å². The monoisotopic (exact) mass is 537 g/mol. The standard InChI is InChI=1S/C25H30F3N5O5/c1-3-17(32-18-15(27)7-13(26)8-16(18)28)24(38)33-10-12-9-25(12,20(33)21(29)35)14(19(34)23(37)30-2)6-11-4-5-31-22(11)36/h7-8,11-12,14,17,20,32H,3-6,9-10H2,1-2H3,(H2,29,35)(H,30,37)(H,31,36)/t11-,12?,14+,17-,20?,25?/m1/s1. The molecular formula is C25H30F3N5O5. The average molecular weight is 538 g/mol. The van der Waals surface area contributed by atoms with Gasteiger partial charge in [0.25, 0.3) is 5.91 Å². The van der Waals surface area contributed by atoms with E-state index in [1.807, 2.05) is 0 Å². The predicted molar refractivity (Wildman–Crippen MR) is 128 cm³/mol. The van der Waals surface area contributed by atoms with Crippen LogP contribution in [0.1, 0.15) is 32.6 Å². The molecule has 10 nitrogen and oxygen atoms in total. The highest BCUT2D eigenvalue weighted by Gasteiger charge is 2.73. The van der Waals surface area contributed by atoms with Gasteiger partial charge in [0, 0.05) is 49.5 Å². The third kappa shape index (κ3) is 4.58. The SMILES string of the molecule is CC[C@@H](Nc1c(F)cc(F)cc1F)C(=O)N1CC2CC2([C@@H](C[C@H]2CCNC2=O)C(=O)C(=O)NC)C1C(N)=O. The molecule has 4 rings (SSSR count). The van der Waals surface area contributed by atoms with Crippen LogP contribution in [-0.2, 0) is 24.0 Å². The number of halogens is 3. The summed E-state index contributed by atoms with van der Waals surface area (Å²) >= 11 is 0. The Morgan fingerprint density at radius 3 is 2.39 bits per heavy atom. The maximum Gasteiger partial charge on any atom is 0.287 e. The van der Waals surface area contributed by atoms with Gasteiger partial charge in [0.15, 0.2) is 11.6 Å². The highest BCUT2D eigenvalue weighted by atomic mass is 19.1. The van der Waals surface area contributed by atoms with Crippen molar-refractivity contribution in [2.24, 2.45) is 28.9 Å². The molecule has 0 aromatic heterocycles. The van der Waals surface area contributed by atoms with Crippen LogP contribution in [0.25, 0.3) is 0 Å². The Bertz CT molecular complexity index is 1170. The molecular weight excluding hydrogens is 507 g/mol. The van der Waals surface area contributed by atoms with E-state index in [2.05, 4.69) is 16.0 Å². The zero-order chi connectivity index (χ0) is 27.9. The number of nitrogens with zero attached hydrogens (tertiary/aromatic N) is 1. The molecule has 0 spiro atoms. The van der Waals surface area contributed by atoms with Gasteiger partial charge in [-0.05, 0) is 31.6 Å². The number of hydrogen-bond acceptors (Lipinski definition) is 6. The van der Waals surface area contributed by atoms with Crippen molar-refractivity contribution >= 4 is 35.1 Å². The number of nitrogens with one attached hydrogen (secondary N) is 3. The molecule has 3 fully saturated rings. The number of piperidine rings is 1. The van der Waals surface area contributed by atoms with E-state index >= 15 is 0 Å². The van der Waals surface area contributed by atoms with E-state index in [0.29, 0.717) is 31.5 Å². The van der Waals surface area contributed by atoms with E-state index in [4.69, 9.17) is 5.73 Å². The summed E-state index contributed by atoms with van der Waals surface area (Å²) in [7, 11) is 1.29. The van der Waals surface area contributed by atoms with E-state index in [1.54, 1.807) is 6.92 Å². The fourth-order valence-electron chi connectivity index (χ4n) is 6.22. The van der Waals surface area contributed by atoms with Gasteiger partial charge >= 0.3 is 0 Å². The first-order chi connectivity index (χ1) is 18.0. The summed E-state index contributed by atoms with van der Waals surface area (Å²) in [6.07, 6.45) is 0.870. The first-order valence-electron chi connectivity index (χ1n) is 12.5. The number of carbonyl (C=O) groups is 5. The molecule has 4 amide bonds. The minimum Gasteiger partial charge on any atom is -0.369 e. The highest BCUT2D eigenvalue weighted by molar-refractivity contribution is 6.37. The minimum atomic E-state index is -1.28. The lowest BCUT2D eigenvalue weighted by Crippen LogP contribution is -2.56. The Morgan fingerprint density at radius 1 is 1.21 bits per heavy atom. The second-order valence-electron chi connectivity index (χ2n) is 10.2. The van der Waals surface area contributed by atoms with E-state index in [1.165, 1.54) is 11.9 Å². The molecule has 1 aromatic carbocycles. The van der Waals surface area contributed by atoms with Gasteiger partial charge in [-0.1, -0.05) is 6.92 Å². The molecule has 1 saturated carbocycles. The second kappa shape index (κ2) is 10.3. The zero-order valence-electron chi connectivity index (χ0n) is 21.0. The number of carbonyl (C=O) groups excluding carboxylic acids is 5. The largest absolute Gasteiger partial charge is 0.369 e. The quantitative estimate of drug-likeness (QED) is 0.319. The number of amides is 4. The lowest BCUT2D eigenvalue weighted by molar-refractivity contribution is -0.146. The molecule has 1 aromatic rings.